The molecule has 46 heavy (non-hydrogen) atoms. The molecule has 0 saturated heterocycles. The van der Waals surface area contributed by atoms with Crippen molar-refractivity contribution in [3.05, 3.63) is 54.2 Å². The Morgan fingerprint density at radius 2 is 1.59 bits per heavy atom. The summed E-state index contributed by atoms with van der Waals surface area (Å²) in [4.78, 5) is 75.2. The lowest BCUT2D eigenvalue weighted by atomic mass is 9.92. The molecule has 11 N–H and O–H groups in total. The van der Waals surface area contributed by atoms with E-state index in [1.54, 1.807) is 11.7 Å². The maximum absolute atomic E-state index is 13.9. The molecule has 5 amide bonds. The molecule has 0 bridgehead atoms. The third-order valence-corrected chi connectivity index (χ3v) is 7.63. The van der Waals surface area contributed by atoms with E-state index in [4.69, 9.17) is 16.7 Å². The zero-order valence-electron chi connectivity index (χ0n) is 26.2. The standard InChI is InChI=1S/C31H45N9O6/c1-18(2)11-19(13-27(41)40-46)29(43)38-26(14-21-16-34-17-36-21)31(45)39-25(12-20-15-35-23-8-4-3-7-22(20)23)30(44)37-24(28(33)42)9-5-6-10-32/h3-4,7-8,15-19,24-26,35,46H,5-6,9-14,32H2,1-2H3,(H2,33,42)(H,34,36)(H,37,44)(H,38,43)(H,39,45)(H,40,41)/t19-,24+,25+,26+/m1/s1. The number of unbranched alkanes of at least 4 members (excludes halogenated alkanes) is 1. The second-order valence-corrected chi connectivity index (χ2v) is 11.8. The molecule has 0 aliphatic rings. The van der Waals surface area contributed by atoms with Gasteiger partial charge in [0.25, 0.3) is 0 Å². The van der Waals surface area contributed by atoms with Crippen molar-refractivity contribution in [3.63, 3.8) is 0 Å². The van der Waals surface area contributed by atoms with Crippen LogP contribution in [0, 0.1) is 11.8 Å². The zero-order valence-corrected chi connectivity index (χ0v) is 26.2. The molecule has 0 fully saturated rings. The van der Waals surface area contributed by atoms with Crippen LogP contribution in [0.4, 0.5) is 0 Å². The number of para-hydroxylation sites is 1. The molecule has 2 aromatic heterocycles. The number of nitrogens with two attached hydrogens (primary N) is 2. The van der Waals surface area contributed by atoms with Gasteiger partial charge in [-0.25, -0.2) is 10.5 Å². The third-order valence-electron chi connectivity index (χ3n) is 7.63. The van der Waals surface area contributed by atoms with Crippen LogP contribution < -0.4 is 32.9 Å². The first-order chi connectivity index (χ1) is 22.0. The Balaban J connectivity index is 1.89. The molecule has 0 aliphatic heterocycles. The molecule has 4 atom stereocenters. The van der Waals surface area contributed by atoms with Crippen LogP contribution in [0.2, 0.25) is 0 Å². The number of primary amides is 1. The van der Waals surface area contributed by atoms with Crippen molar-refractivity contribution in [1.29, 1.82) is 0 Å². The van der Waals surface area contributed by atoms with Crippen LogP contribution in [-0.4, -0.2) is 74.4 Å². The highest BCUT2D eigenvalue weighted by Gasteiger charge is 2.32. The zero-order chi connectivity index (χ0) is 33.6. The van der Waals surface area contributed by atoms with Gasteiger partial charge in [-0.15, -0.1) is 0 Å². The van der Waals surface area contributed by atoms with Crippen molar-refractivity contribution < 1.29 is 29.2 Å². The summed E-state index contributed by atoms with van der Waals surface area (Å²) in [6.07, 6.45) is 6.27. The number of amides is 5. The highest BCUT2D eigenvalue weighted by atomic mass is 16.5. The smallest absolute Gasteiger partial charge is 0.244 e. The van der Waals surface area contributed by atoms with Gasteiger partial charge in [0.2, 0.25) is 29.5 Å². The molecule has 3 rings (SSSR count). The largest absolute Gasteiger partial charge is 0.368 e. The fourth-order valence-corrected chi connectivity index (χ4v) is 5.29. The minimum absolute atomic E-state index is 0.00257. The monoisotopic (exact) mass is 639 g/mol. The Labute approximate surface area is 267 Å². The van der Waals surface area contributed by atoms with Gasteiger partial charge in [0.05, 0.1) is 6.33 Å². The molecule has 15 nitrogen and oxygen atoms in total. The quantitative estimate of drug-likeness (QED) is 0.0500. The Bertz CT molecular complexity index is 1460. The molecule has 3 aromatic rings. The van der Waals surface area contributed by atoms with E-state index in [0.717, 1.165) is 16.5 Å². The topological polar surface area (TPSA) is 250 Å². The number of hydroxylamine groups is 1. The molecule has 1 aromatic carbocycles. The lowest BCUT2D eigenvalue weighted by Gasteiger charge is -2.26. The van der Waals surface area contributed by atoms with Crippen molar-refractivity contribution in [2.75, 3.05) is 6.54 Å². The first-order valence-corrected chi connectivity index (χ1v) is 15.4. The predicted molar refractivity (Wildman–Crippen MR) is 170 cm³/mol. The summed E-state index contributed by atoms with van der Waals surface area (Å²) in [5.41, 5.74) is 14.8. The van der Waals surface area contributed by atoms with Crippen molar-refractivity contribution in [2.24, 2.45) is 23.3 Å². The van der Waals surface area contributed by atoms with Gasteiger partial charge in [-0.1, -0.05) is 32.0 Å². The fraction of sp³-hybridized carbons (Fsp3) is 0.484. The number of aromatic amines is 2. The van der Waals surface area contributed by atoms with E-state index >= 15 is 0 Å². The van der Waals surface area contributed by atoms with Gasteiger partial charge in [-0.3, -0.25) is 29.2 Å². The average molecular weight is 640 g/mol. The summed E-state index contributed by atoms with van der Waals surface area (Å²) in [5, 5.41) is 18.1. The van der Waals surface area contributed by atoms with Gasteiger partial charge in [0.15, 0.2) is 0 Å². The van der Waals surface area contributed by atoms with Gasteiger partial charge in [0, 0.05) is 54.2 Å². The summed E-state index contributed by atoms with van der Waals surface area (Å²) >= 11 is 0. The third kappa shape index (κ3) is 10.7. The van der Waals surface area contributed by atoms with Crippen LogP contribution in [0.5, 0.6) is 0 Å². The molecule has 250 valence electrons. The van der Waals surface area contributed by atoms with Gasteiger partial charge >= 0.3 is 0 Å². The average Bonchev–Trinajstić information content (AvgIpc) is 3.69. The number of H-pyrrole nitrogens is 2. The number of rotatable bonds is 19. The number of hydrogen-bond donors (Lipinski definition) is 9. The predicted octanol–water partition coefficient (Wildman–Crippen LogP) is 0.303. The number of nitrogens with zero attached hydrogens (tertiary/aromatic N) is 1. The highest BCUT2D eigenvalue weighted by molar-refractivity contribution is 5.95. The second-order valence-electron chi connectivity index (χ2n) is 11.8. The molecule has 0 unspecified atom stereocenters. The van der Waals surface area contributed by atoms with Crippen molar-refractivity contribution >= 4 is 40.4 Å². The minimum atomic E-state index is -1.17. The highest BCUT2D eigenvalue weighted by Crippen LogP contribution is 2.20. The molecule has 0 aliphatic carbocycles. The summed E-state index contributed by atoms with van der Waals surface area (Å²) in [6, 6.07) is 4.19. The van der Waals surface area contributed by atoms with E-state index in [0.29, 0.717) is 31.5 Å². The summed E-state index contributed by atoms with van der Waals surface area (Å²) in [7, 11) is 0. The Hall–Kier alpha value is -4.76. The lowest BCUT2D eigenvalue weighted by Crippen LogP contribution is -2.57. The summed E-state index contributed by atoms with van der Waals surface area (Å²) < 4.78 is 0. The van der Waals surface area contributed by atoms with Crippen molar-refractivity contribution in [1.82, 2.24) is 36.4 Å². The van der Waals surface area contributed by atoms with Crippen LogP contribution in [0.1, 0.15) is 57.2 Å². The number of imidazole rings is 1. The van der Waals surface area contributed by atoms with Crippen LogP contribution in [0.25, 0.3) is 10.9 Å². The molecule has 0 spiro atoms. The van der Waals surface area contributed by atoms with Crippen molar-refractivity contribution in [3.8, 4) is 0 Å². The first-order valence-electron chi connectivity index (χ1n) is 15.4. The number of aromatic nitrogens is 3. The maximum atomic E-state index is 13.9. The van der Waals surface area contributed by atoms with E-state index in [9.17, 15) is 24.0 Å². The maximum Gasteiger partial charge on any atom is 0.244 e. The second kappa shape index (κ2) is 17.7. The van der Waals surface area contributed by atoms with E-state index in [-0.39, 0.29) is 31.6 Å². The number of benzene rings is 1. The molecule has 0 saturated carbocycles. The lowest BCUT2D eigenvalue weighted by molar-refractivity contribution is -0.137. The Kier molecular flexibility index (Phi) is 13.7. The van der Waals surface area contributed by atoms with Gasteiger partial charge in [-0.05, 0) is 49.8 Å². The van der Waals surface area contributed by atoms with Crippen LogP contribution in [0.3, 0.4) is 0 Å². The molecule has 2 heterocycles. The molecular weight excluding hydrogens is 594 g/mol. The van der Waals surface area contributed by atoms with E-state index < -0.39 is 53.6 Å². The summed E-state index contributed by atoms with van der Waals surface area (Å²) in [6.45, 7) is 4.19. The number of nitrogens with one attached hydrogen (secondary N) is 6. The van der Waals surface area contributed by atoms with Gasteiger partial charge in [-0.2, -0.15) is 0 Å². The van der Waals surface area contributed by atoms with Gasteiger partial charge in [0.1, 0.15) is 18.1 Å². The first kappa shape index (κ1) is 35.7. The molecule has 0 radical (unpaired) electrons. The van der Waals surface area contributed by atoms with Crippen LogP contribution in [-0.2, 0) is 36.8 Å². The number of hydrogen-bond acceptors (Lipinski definition) is 8. The summed E-state index contributed by atoms with van der Waals surface area (Å²) in [5.74, 6) is -4.11. The Morgan fingerprint density at radius 1 is 0.913 bits per heavy atom. The van der Waals surface area contributed by atoms with Gasteiger partial charge < -0.3 is 37.4 Å². The fourth-order valence-electron chi connectivity index (χ4n) is 5.29. The minimum Gasteiger partial charge on any atom is -0.368 e. The van der Waals surface area contributed by atoms with E-state index in [2.05, 4.69) is 30.9 Å². The number of carbonyl (C=O) groups is 5. The van der Waals surface area contributed by atoms with E-state index in [1.165, 1.54) is 12.5 Å². The normalized spacial score (nSPS) is 13.8. The van der Waals surface area contributed by atoms with Crippen LogP contribution in [0.15, 0.2) is 43.0 Å². The van der Waals surface area contributed by atoms with Crippen LogP contribution >= 0.6 is 0 Å². The number of carbonyl (C=O) groups excluding carboxylic acids is 5. The van der Waals surface area contributed by atoms with Crippen molar-refractivity contribution in [2.45, 2.75) is 76.9 Å². The van der Waals surface area contributed by atoms with E-state index in [1.807, 2.05) is 38.1 Å². The molecular formula is C31H45N9O6. The SMILES string of the molecule is CC(C)C[C@H](CC(=O)NO)C(=O)N[C@@H](Cc1cnc[nH]1)C(=O)N[C@@H](Cc1c[nH]c2ccccc12)C(=O)N[C@@H](CCCCN)C(N)=O. The number of fused-ring (bicyclic) bond motifs is 1. The Morgan fingerprint density at radius 3 is 2.22 bits per heavy atom. The molecule has 15 heteroatoms.